The number of rotatable bonds is 6. The van der Waals surface area contributed by atoms with Crippen molar-refractivity contribution in [1.82, 2.24) is 14.9 Å². The topological polar surface area (TPSA) is 58.1 Å². The molecular weight excluding hydrogens is 272 g/mol. The molecule has 100 valence electrons. The molecular formula is C11H17ClN4OS. The minimum absolute atomic E-state index is 0.0257. The third-order valence-corrected chi connectivity index (χ3v) is 3.44. The van der Waals surface area contributed by atoms with E-state index >= 15 is 0 Å². The molecule has 7 heteroatoms. The van der Waals surface area contributed by atoms with Gasteiger partial charge in [-0.2, -0.15) is 0 Å². The molecule has 1 N–H and O–H groups in total. The predicted molar refractivity (Wildman–Crippen MR) is 75.2 cm³/mol. The number of hydrogen-bond donors (Lipinski definition) is 1. The second-order valence-corrected chi connectivity index (χ2v) is 5.22. The van der Waals surface area contributed by atoms with Crippen molar-refractivity contribution < 1.29 is 4.79 Å². The van der Waals surface area contributed by atoms with Gasteiger partial charge in [0.2, 0.25) is 11.9 Å². The first-order valence-electron chi connectivity index (χ1n) is 5.64. The van der Waals surface area contributed by atoms with E-state index in [1.165, 1.54) is 11.8 Å². The SMILES string of the molecule is CCCNc1ncc(Cl)c(SCC(=O)N(C)C)n1. The average molecular weight is 289 g/mol. The van der Waals surface area contributed by atoms with Crippen molar-refractivity contribution >= 4 is 35.2 Å². The van der Waals surface area contributed by atoms with E-state index in [1.807, 2.05) is 0 Å². The van der Waals surface area contributed by atoms with Gasteiger partial charge in [-0.05, 0) is 6.42 Å². The Kier molecular flexibility index (Phi) is 6.21. The van der Waals surface area contributed by atoms with Crippen LogP contribution in [0.4, 0.5) is 5.95 Å². The number of carbonyl (C=O) groups is 1. The lowest BCUT2D eigenvalue weighted by atomic mass is 10.5. The standard InChI is InChI=1S/C11H17ClN4OS/c1-4-5-13-11-14-6-8(12)10(15-11)18-7-9(17)16(2)3/h6H,4-5,7H2,1-3H3,(H,13,14,15). The Hall–Kier alpha value is -1.01. The highest BCUT2D eigenvalue weighted by molar-refractivity contribution is 8.00. The number of halogens is 1. The van der Waals surface area contributed by atoms with Gasteiger partial charge in [-0.25, -0.2) is 9.97 Å². The summed E-state index contributed by atoms with van der Waals surface area (Å²) in [4.78, 5) is 21.4. The summed E-state index contributed by atoms with van der Waals surface area (Å²) in [5, 5.41) is 4.17. The molecule has 0 unspecified atom stereocenters. The molecule has 0 spiro atoms. The number of nitrogens with one attached hydrogen (secondary N) is 1. The smallest absolute Gasteiger partial charge is 0.232 e. The molecule has 18 heavy (non-hydrogen) atoms. The molecule has 1 aromatic heterocycles. The lowest BCUT2D eigenvalue weighted by Gasteiger charge is -2.10. The highest BCUT2D eigenvalue weighted by atomic mass is 35.5. The molecule has 0 fully saturated rings. The molecule has 5 nitrogen and oxygen atoms in total. The van der Waals surface area contributed by atoms with Crippen molar-refractivity contribution in [3.63, 3.8) is 0 Å². The van der Waals surface area contributed by atoms with Crippen molar-refractivity contribution in [3.8, 4) is 0 Å². The van der Waals surface area contributed by atoms with Crippen LogP contribution >= 0.6 is 23.4 Å². The van der Waals surface area contributed by atoms with Gasteiger partial charge in [-0.3, -0.25) is 4.79 Å². The molecule has 0 radical (unpaired) electrons. The van der Waals surface area contributed by atoms with Crippen LogP contribution in [0, 0.1) is 0 Å². The fourth-order valence-electron chi connectivity index (χ4n) is 1.03. The second-order valence-electron chi connectivity index (χ2n) is 3.85. The lowest BCUT2D eigenvalue weighted by Crippen LogP contribution is -2.23. The van der Waals surface area contributed by atoms with Gasteiger partial charge in [-0.15, -0.1) is 0 Å². The van der Waals surface area contributed by atoms with Crippen LogP contribution in [0.5, 0.6) is 0 Å². The lowest BCUT2D eigenvalue weighted by molar-refractivity contribution is -0.125. The van der Waals surface area contributed by atoms with E-state index in [4.69, 9.17) is 11.6 Å². The molecule has 0 atom stereocenters. The number of anilines is 1. The van der Waals surface area contributed by atoms with Crippen LogP contribution in [0.2, 0.25) is 5.02 Å². The fraction of sp³-hybridized carbons (Fsp3) is 0.545. The van der Waals surface area contributed by atoms with E-state index in [1.54, 1.807) is 25.2 Å². The third kappa shape index (κ3) is 4.70. The van der Waals surface area contributed by atoms with E-state index in [2.05, 4.69) is 22.2 Å². The summed E-state index contributed by atoms with van der Waals surface area (Å²) in [6.45, 7) is 2.87. The Bertz CT molecular complexity index is 414. The molecule has 1 amide bonds. The normalized spacial score (nSPS) is 10.2. The van der Waals surface area contributed by atoms with Gasteiger partial charge in [0.15, 0.2) is 0 Å². The molecule has 0 aliphatic rings. The van der Waals surface area contributed by atoms with Crippen LogP contribution in [0.15, 0.2) is 11.2 Å². The maximum atomic E-state index is 11.5. The summed E-state index contributed by atoms with van der Waals surface area (Å²) in [5.41, 5.74) is 0. The molecule has 0 aromatic carbocycles. The number of nitrogens with zero attached hydrogens (tertiary/aromatic N) is 3. The molecule has 0 aliphatic heterocycles. The summed E-state index contributed by atoms with van der Waals surface area (Å²) in [7, 11) is 3.44. The van der Waals surface area contributed by atoms with Crippen LogP contribution in [0.3, 0.4) is 0 Å². The molecule has 1 aromatic rings. The molecule has 0 bridgehead atoms. The third-order valence-electron chi connectivity index (χ3n) is 2.08. The van der Waals surface area contributed by atoms with E-state index in [-0.39, 0.29) is 5.91 Å². The highest BCUT2D eigenvalue weighted by Gasteiger charge is 2.10. The van der Waals surface area contributed by atoms with Crippen LogP contribution in [-0.2, 0) is 4.79 Å². The molecule has 0 saturated carbocycles. The van der Waals surface area contributed by atoms with Gasteiger partial charge in [0.1, 0.15) is 5.03 Å². The summed E-state index contributed by atoms with van der Waals surface area (Å²) < 4.78 is 0. The quantitative estimate of drug-likeness (QED) is 0.642. The van der Waals surface area contributed by atoms with Gasteiger partial charge >= 0.3 is 0 Å². The zero-order valence-corrected chi connectivity index (χ0v) is 12.3. The zero-order valence-electron chi connectivity index (χ0n) is 10.7. The Morgan fingerprint density at radius 1 is 1.56 bits per heavy atom. The van der Waals surface area contributed by atoms with Gasteiger partial charge < -0.3 is 10.2 Å². The number of thioether (sulfide) groups is 1. The Morgan fingerprint density at radius 2 is 2.28 bits per heavy atom. The first-order valence-corrected chi connectivity index (χ1v) is 7.00. The van der Waals surface area contributed by atoms with Crippen LogP contribution in [0.25, 0.3) is 0 Å². The molecule has 1 rings (SSSR count). The zero-order chi connectivity index (χ0) is 13.5. The number of aromatic nitrogens is 2. The number of amides is 1. The summed E-state index contributed by atoms with van der Waals surface area (Å²) in [6, 6.07) is 0. The first-order chi connectivity index (χ1) is 8.54. The summed E-state index contributed by atoms with van der Waals surface area (Å²) in [5.74, 6) is 0.885. The minimum atomic E-state index is 0.0257. The van der Waals surface area contributed by atoms with Crippen LogP contribution in [-0.4, -0.2) is 47.2 Å². The van der Waals surface area contributed by atoms with E-state index in [0.717, 1.165) is 13.0 Å². The van der Waals surface area contributed by atoms with E-state index in [0.29, 0.717) is 21.7 Å². The predicted octanol–water partition coefficient (Wildman–Crippen LogP) is 2.13. The molecule has 0 saturated heterocycles. The van der Waals surface area contributed by atoms with Crippen molar-refractivity contribution in [3.05, 3.63) is 11.2 Å². The largest absolute Gasteiger partial charge is 0.354 e. The first kappa shape index (κ1) is 15.0. The van der Waals surface area contributed by atoms with Gasteiger partial charge in [0, 0.05) is 20.6 Å². The highest BCUT2D eigenvalue weighted by Crippen LogP contribution is 2.25. The maximum Gasteiger partial charge on any atom is 0.232 e. The van der Waals surface area contributed by atoms with Crippen molar-refractivity contribution in [2.75, 3.05) is 31.7 Å². The minimum Gasteiger partial charge on any atom is -0.354 e. The summed E-state index contributed by atoms with van der Waals surface area (Å²) >= 11 is 7.31. The van der Waals surface area contributed by atoms with Gasteiger partial charge in [0.05, 0.1) is 17.0 Å². The van der Waals surface area contributed by atoms with Crippen molar-refractivity contribution in [2.24, 2.45) is 0 Å². The average Bonchev–Trinajstić information content (AvgIpc) is 2.35. The summed E-state index contributed by atoms with van der Waals surface area (Å²) in [6.07, 6.45) is 2.54. The van der Waals surface area contributed by atoms with Gasteiger partial charge in [0.25, 0.3) is 0 Å². The van der Waals surface area contributed by atoms with Crippen LogP contribution < -0.4 is 5.32 Å². The van der Waals surface area contributed by atoms with Crippen molar-refractivity contribution in [2.45, 2.75) is 18.4 Å². The maximum absolute atomic E-state index is 11.5. The van der Waals surface area contributed by atoms with Gasteiger partial charge in [-0.1, -0.05) is 30.3 Å². The van der Waals surface area contributed by atoms with Crippen molar-refractivity contribution in [1.29, 1.82) is 0 Å². The fourth-order valence-corrected chi connectivity index (χ4v) is 2.15. The van der Waals surface area contributed by atoms with Crippen LogP contribution in [0.1, 0.15) is 13.3 Å². The number of carbonyl (C=O) groups excluding carboxylic acids is 1. The monoisotopic (exact) mass is 288 g/mol. The Balaban J connectivity index is 2.66. The molecule has 0 aliphatic carbocycles. The Labute approximate surface area is 116 Å². The second kappa shape index (κ2) is 7.43. The molecule has 1 heterocycles. The van der Waals surface area contributed by atoms with E-state index in [9.17, 15) is 4.79 Å². The Morgan fingerprint density at radius 3 is 2.89 bits per heavy atom. The van der Waals surface area contributed by atoms with E-state index < -0.39 is 0 Å². The number of hydrogen-bond acceptors (Lipinski definition) is 5.